The van der Waals surface area contributed by atoms with Gasteiger partial charge in [-0.3, -0.25) is 0 Å². The lowest BCUT2D eigenvalue weighted by molar-refractivity contribution is 0.220. The Kier molecular flexibility index (Phi) is 2.78. The predicted molar refractivity (Wildman–Crippen MR) is 50.5 cm³/mol. The van der Waals surface area contributed by atoms with Crippen LogP contribution < -0.4 is 14.8 Å². The molecule has 1 aromatic heterocycles. The van der Waals surface area contributed by atoms with E-state index in [9.17, 15) is 0 Å². The van der Waals surface area contributed by atoms with Gasteiger partial charge in [0.05, 0.1) is 19.5 Å². The fraction of sp³-hybridized carbons (Fsp3) is 0.556. The van der Waals surface area contributed by atoms with Gasteiger partial charge in [-0.15, -0.1) is 0 Å². The second kappa shape index (κ2) is 4.23. The molecule has 1 N–H and O–H groups in total. The van der Waals surface area contributed by atoms with Crippen LogP contribution >= 0.6 is 0 Å². The molecule has 1 fully saturated rings. The van der Waals surface area contributed by atoms with E-state index >= 15 is 0 Å². The monoisotopic (exact) mass is 195 g/mol. The average molecular weight is 195 g/mol. The van der Waals surface area contributed by atoms with E-state index in [-0.39, 0.29) is 6.10 Å². The van der Waals surface area contributed by atoms with Gasteiger partial charge < -0.3 is 14.8 Å². The van der Waals surface area contributed by atoms with Crippen molar-refractivity contribution in [3.8, 4) is 11.8 Å². The van der Waals surface area contributed by atoms with Crippen LogP contribution in [0.3, 0.4) is 0 Å². The minimum atomic E-state index is 0.243. The molecule has 2 rings (SSSR count). The molecule has 1 saturated heterocycles. The van der Waals surface area contributed by atoms with Crippen molar-refractivity contribution in [3.63, 3.8) is 0 Å². The molecule has 5 nitrogen and oxygen atoms in total. The third-order valence-corrected chi connectivity index (χ3v) is 2.10. The van der Waals surface area contributed by atoms with E-state index in [0.29, 0.717) is 11.8 Å². The van der Waals surface area contributed by atoms with E-state index in [1.165, 1.54) is 7.11 Å². The first-order valence-corrected chi connectivity index (χ1v) is 4.62. The van der Waals surface area contributed by atoms with Crippen LogP contribution in [0.15, 0.2) is 12.4 Å². The summed E-state index contributed by atoms with van der Waals surface area (Å²) in [6.07, 6.45) is 4.53. The average Bonchev–Trinajstić information content (AvgIpc) is 2.72. The van der Waals surface area contributed by atoms with Crippen LogP contribution in [0.2, 0.25) is 0 Å². The predicted octanol–water partition coefficient (Wildman–Crippen LogP) is 0.226. The third kappa shape index (κ3) is 2.11. The summed E-state index contributed by atoms with van der Waals surface area (Å²) in [7, 11) is 1.54. The maximum atomic E-state index is 5.63. The molecule has 0 amide bonds. The number of nitrogens with zero attached hydrogens (tertiary/aromatic N) is 2. The van der Waals surface area contributed by atoms with Crippen LogP contribution in [-0.4, -0.2) is 36.3 Å². The van der Waals surface area contributed by atoms with Crippen LogP contribution in [0.1, 0.15) is 6.42 Å². The molecule has 0 aromatic carbocycles. The first kappa shape index (κ1) is 9.21. The van der Waals surface area contributed by atoms with Gasteiger partial charge in [0.2, 0.25) is 0 Å². The van der Waals surface area contributed by atoms with E-state index in [4.69, 9.17) is 9.47 Å². The molecule has 0 saturated carbocycles. The number of rotatable bonds is 3. The Hall–Kier alpha value is -1.36. The van der Waals surface area contributed by atoms with Gasteiger partial charge >= 0.3 is 6.01 Å². The molecule has 1 aliphatic heterocycles. The Morgan fingerprint density at radius 3 is 2.79 bits per heavy atom. The number of aromatic nitrogens is 2. The van der Waals surface area contributed by atoms with E-state index in [1.54, 1.807) is 12.4 Å². The highest BCUT2D eigenvalue weighted by Crippen LogP contribution is 2.13. The zero-order valence-corrected chi connectivity index (χ0v) is 8.06. The molecular formula is C9H13N3O2. The molecular weight excluding hydrogens is 182 g/mol. The third-order valence-electron chi connectivity index (χ3n) is 2.10. The smallest absolute Gasteiger partial charge is 0.316 e. The van der Waals surface area contributed by atoms with Crippen molar-refractivity contribution in [3.05, 3.63) is 12.4 Å². The summed E-state index contributed by atoms with van der Waals surface area (Å²) < 4.78 is 10.5. The molecule has 2 heterocycles. The Bertz CT molecular complexity index is 283. The maximum absolute atomic E-state index is 5.63. The fourth-order valence-electron chi connectivity index (χ4n) is 1.39. The van der Waals surface area contributed by atoms with Gasteiger partial charge in [-0.1, -0.05) is 0 Å². The van der Waals surface area contributed by atoms with Crippen LogP contribution in [-0.2, 0) is 0 Å². The van der Waals surface area contributed by atoms with Gasteiger partial charge in [-0.25, -0.2) is 0 Å². The lowest BCUT2D eigenvalue weighted by Gasteiger charge is -2.11. The highest BCUT2D eigenvalue weighted by molar-refractivity contribution is 5.14. The van der Waals surface area contributed by atoms with Gasteiger partial charge in [0.1, 0.15) is 6.10 Å². The Balaban J connectivity index is 1.95. The van der Waals surface area contributed by atoms with E-state index in [2.05, 4.69) is 15.3 Å². The largest absolute Gasteiger partial charge is 0.486 e. The summed E-state index contributed by atoms with van der Waals surface area (Å²) in [5, 5.41) is 3.22. The molecule has 1 aliphatic rings. The van der Waals surface area contributed by atoms with Crippen molar-refractivity contribution < 1.29 is 9.47 Å². The summed E-state index contributed by atoms with van der Waals surface area (Å²) in [5.74, 6) is 0.694. The summed E-state index contributed by atoms with van der Waals surface area (Å²) in [6.45, 7) is 1.91. The molecule has 1 atom stereocenters. The number of hydrogen-bond acceptors (Lipinski definition) is 5. The minimum absolute atomic E-state index is 0.243. The first-order valence-electron chi connectivity index (χ1n) is 4.62. The second-order valence-corrected chi connectivity index (χ2v) is 3.14. The van der Waals surface area contributed by atoms with Gasteiger partial charge in [0.25, 0.3) is 0 Å². The zero-order chi connectivity index (χ0) is 9.80. The van der Waals surface area contributed by atoms with Gasteiger partial charge in [0, 0.05) is 6.54 Å². The lowest BCUT2D eigenvalue weighted by Crippen LogP contribution is -2.19. The topological polar surface area (TPSA) is 56.3 Å². The molecule has 0 unspecified atom stereocenters. The van der Waals surface area contributed by atoms with Crippen molar-refractivity contribution >= 4 is 0 Å². The highest BCUT2D eigenvalue weighted by Gasteiger charge is 2.15. The van der Waals surface area contributed by atoms with Gasteiger partial charge in [0.15, 0.2) is 5.75 Å². The summed E-state index contributed by atoms with van der Waals surface area (Å²) in [6, 6.07) is 0.363. The SMILES string of the molecule is COc1ncc(O[C@H]2CCNC2)cn1. The lowest BCUT2D eigenvalue weighted by atomic mass is 10.3. The maximum Gasteiger partial charge on any atom is 0.316 e. The van der Waals surface area contributed by atoms with Crippen molar-refractivity contribution in [2.24, 2.45) is 0 Å². The van der Waals surface area contributed by atoms with Crippen LogP contribution in [0.4, 0.5) is 0 Å². The highest BCUT2D eigenvalue weighted by atomic mass is 16.5. The van der Waals surface area contributed by atoms with Crippen LogP contribution in [0.25, 0.3) is 0 Å². The van der Waals surface area contributed by atoms with Crippen LogP contribution in [0, 0.1) is 0 Å². The summed E-state index contributed by atoms with van der Waals surface area (Å²) >= 11 is 0. The molecule has 5 heteroatoms. The van der Waals surface area contributed by atoms with Crippen molar-refractivity contribution in [2.75, 3.05) is 20.2 Å². The van der Waals surface area contributed by atoms with Gasteiger partial charge in [-0.2, -0.15) is 9.97 Å². The van der Waals surface area contributed by atoms with Crippen molar-refractivity contribution in [2.45, 2.75) is 12.5 Å². The Morgan fingerprint density at radius 1 is 1.43 bits per heavy atom. The number of nitrogens with one attached hydrogen (secondary N) is 1. The van der Waals surface area contributed by atoms with E-state index in [1.807, 2.05) is 0 Å². The molecule has 0 bridgehead atoms. The normalized spacial score (nSPS) is 20.8. The Morgan fingerprint density at radius 2 is 2.21 bits per heavy atom. The molecule has 76 valence electrons. The Labute approximate surface area is 82.5 Å². The summed E-state index contributed by atoms with van der Waals surface area (Å²) in [4.78, 5) is 7.92. The zero-order valence-electron chi connectivity index (χ0n) is 8.06. The second-order valence-electron chi connectivity index (χ2n) is 3.14. The quantitative estimate of drug-likeness (QED) is 0.748. The summed E-state index contributed by atoms with van der Waals surface area (Å²) in [5.41, 5.74) is 0. The number of hydrogen-bond donors (Lipinski definition) is 1. The van der Waals surface area contributed by atoms with Crippen LogP contribution in [0.5, 0.6) is 11.8 Å². The minimum Gasteiger partial charge on any atom is -0.486 e. The van der Waals surface area contributed by atoms with E-state index in [0.717, 1.165) is 19.5 Å². The molecule has 14 heavy (non-hydrogen) atoms. The molecule has 1 aromatic rings. The first-order chi connectivity index (χ1) is 6.88. The van der Waals surface area contributed by atoms with Crippen molar-refractivity contribution in [1.29, 1.82) is 0 Å². The van der Waals surface area contributed by atoms with E-state index < -0.39 is 0 Å². The molecule has 0 radical (unpaired) electrons. The standard InChI is InChI=1S/C9H13N3O2/c1-13-9-11-5-8(6-12-9)14-7-2-3-10-4-7/h5-7,10H,2-4H2,1H3/t7-/m0/s1. The molecule has 0 spiro atoms. The number of ether oxygens (including phenoxy) is 2. The molecule has 0 aliphatic carbocycles. The van der Waals surface area contributed by atoms with Gasteiger partial charge in [-0.05, 0) is 13.0 Å². The fourth-order valence-corrected chi connectivity index (χ4v) is 1.39. The van der Waals surface area contributed by atoms with Crippen molar-refractivity contribution in [1.82, 2.24) is 15.3 Å². The number of methoxy groups -OCH3 is 1.